The molecule has 0 aromatic heterocycles. The molecule has 3 aromatic carbocycles. The summed E-state index contributed by atoms with van der Waals surface area (Å²) in [5, 5.41) is 3.60. The van der Waals surface area contributed by atoms with Crippen molar-refractivity contribution in [1.82, 2.24) is 0 Å². The first-order chi connectivity index (χ1) is 12.6. The molecule has 26 heavy (non-hydrogen) atoms. The highest BCUT2D eigenvalue weighted by molar-refractivity contribution is 5.81. The molecule has 3 aromatic rings. The van der Waals surface area contributed by atoms with Gasteiger partial charge in [-0.15, -0.1) is 0 Å². The smallest absolute Gasteiger partial charge is 0.390 e. The average Bonchev–Trinajstić information content (AvgIpc) is 2.66. The summed E-state index contributed by atoms with van der Waals surface area (Å²) in [6.45, 7) is 0.131. The first-order valence-corrected chi connectivity index (χ1v) is 7.93. The fourth-order valence-electron chi connectivity index (χ4n) is 2.56. The standard InChI is InChI=1S/C21H15F3NO/c22-21(23,24)20-13-7-5-10-17(20)14-25-26-15-18-11-4-6-12-19(18)16-8-2-1-3-9-16/h1-13H,15H2. The molecule has 0 spiro atoms. The van der Waals surface area contributed by atoms with E-state index in [1.165, 1.54) is 18.2 Å². The summed E-state index contributed by atoms with van der Waals surface area (Å²) in [5.41, 5.74) is 1.95. The third kappa shape index (κ3) is 4.30. The molecule has 1 radical (unpaired) electrons. The van der Waals surface area contributed by atoms with Gasteiger partial charge in [0.1, 0.15) is 12.8 Å². The Bertz CT molecular complexity index is 889. The third-order valence-corrected chi connectivity index (χ3v) is 3.79. The maximum atomic E-state index is 12.9. The van der Waals surface area contributed by atoms with Crippen LogP contribution in [0.3, 0.4) is 0 Å². The lowest BCUT2D eigenvalue weighted by atomic mass is 10.0. The molecule has 0 aliphatic carbocycles. The first-order valence-electron chi connectivity index (χ1n) is 7.93. The van der Waals surface area contributed by atoms with Gasteiger partial charge in [-0.3, -0.25) is 0 Å². The molecule has 0 aliphatic heterocycles. The molecule has 5 heteroatoms. The summed E-state index contributed by atoms with van der Waals surface area (Å²) in [6.07, 6.45) is -2.13. The minimum Gasteiger partial charge on any atom is -0.390 e. The molecule has 0 saturated carbocycles. The van der Waals surface area contributed by atoms with E-state index in [0.717, 1.165) is 22.8 Å². The summed E-state index contributed by atoms with van der Waals surface area (Å²) in [6, 6.07) is 22.5. The average molecular weight is 354 g/mol. The third-order valence-electron chi connectivity index (χ3n) is 3.79. The van der Waals surface area contributed by atoms with Crippen LogP contribution in [0.5, 0.6) is 0 Å². The number of halogens is 3. The van der Waals surface area contributed by atoms with Crippen molar-refractivity contribution in [2.24, 2.45) is 5.16 Å². The molecule has 131 valence electrons. The summed E-state index contributed by atoms with van der Waals surface area (Å²) in [5.74, 6) is 0. The molecule has 0 amide bonds. The summed E-state index contributed by atoms with van der Waals surface area (Å²) in [7, 11) is 0. The zero-order valence-corrected chi connectivity index (χ0v) is 13.7. The van der Waals surface area contributed by atoms with Crippen molar-refractivity contribution in [1.29, 1.82) is 0 Å². The van der Waals surface area contributed by atoms with Gasteiger partial charge in [0.15, 0.2) is 0 Å². The van der Waals surface area contributed by atoms with Gasteiger partial charge in [-0.05, 0) is 22.8 Å². The van der Waals surface area contributed by atoms with Crippen molar-refractivity contribution >= 4 is 6.21 Å². The van der Waals surface area contributed by atoms with Gasteiger partial charge in [0.25, 0.3) is 0 Å². The first kappa shape index (κ1) is 17.7. The van der Waals surface area contributed by atoms with Crippen LogP contribution >= 0.6 is 0 Å². The van der Waals surface area contributed by atoms with Crippen LogP contribution in [0.2, 0.25) is 0 Å². The molecule has 0 saturated heterocycles. The summed E-state index contributed by atoms with van der Waals surface area (Å²) >= 11 is 0. The molecular formula is C21H15F3NO. The molecule has 0 atom stereocenters. The van der Waals surface area contributed by atoms with Crippen LogP contribution in [0.1, 0.15) is 16.7 Å². The zero-order valence-electron chi connectivity index (χ0n) is 13.7. The van der Waals surface area contributed by atoms with Crippen LogP contribution in [0.4, 0.5) is 13.2 Å². The summed E-state index contributed by atoms with van der Waals surface area (Å²) in [4.78, 5) is 5.20. The van der Waals surface area contributed by atoms with Gasteiger partial charge >= 0.3 is 6.18 Å². The molecule has 0 heterocycles. The van der Waals surface area contributed by atoms with E-state index < -0.39 is 11.7 Å². The number of hydrogen-bond donors (Lipinski definition) is 0. The van der Waals surface area contributed by atoms with E-state index in [1.807, 2.05) is 54.6 Å². The quantitative estimate of drug-likeness (QED) is 0.419. The molecule has 2 nitrogen and oxygen atoms in total. The Kier molecular flexibility index (Phi) is 5.37. The Morgan fingerprint density at radius 1 is 0.808 bits per heavy atom. The van der Waals surface area contributed by atoms with Gasteiger partial charge < -0.3 is 4.84 Å². The molecule has 0 fully saturated rings. The minimum absolute atomic E-state index is 0.131. The van der Waals surface area contributed by atoms with Crippen LogP contribution in [0.25, 0.3) is 11.1 Å². The molecule has 0 bridgehead atoms. The Balaban J connectivity index is 1.73. The van der Waals surface area contributed by atoms with Crippen molar-refractivity contribution in [3.63, 3.8) is 0 Å². The Labute approximate surface area is 149 Å². The number of alkyl halides is 3. The molecule has 0 unspecified atom stereocenters. The molecular weight excluding hydrogens is 339 g/mol. The van der Waals surface area contributed by atoms with Crippen LogP contribution in [0.15, 0.2) is 84.0 Å². The van der Waals surface area contributed by atoms with Crippen LogP contribution in [-0.2, 0) is 17.6 Å². The van der Waals surface area contributed by atoms with E-state index in [2.05, 4.69) is 11.4 Å². The largest absolute Gasteiger partial charge is 0.417 e. The maximum absolute atomic E-state index is 12.9. The summed E-state index contributed by atoms with van der Waals surface area (Å²) < 4.78 is 38.8. The molecule has 0 N–H and O–H groups in total. The van der Waals surface area contributed by atoms with E-state index in [0.29, 0.717) is 0 Å². The highest BCUT2D eigenvalue weighted by Gasteiger charge is 2.32. The number of benzene rings is 3. The highest BCUT2D eigenvalue weighted by atomic mass is 19.4. The van der Waals surface area contributed by atoms with Gasteiger partial charge in [0, 0.05) is 5.56 Å². The normalized spacial score (nSPS) is 11.7. The van der Waals surface area contributed by atoms with Crippen molar-refractivity contribution < 1.29 is 18.0 Å². The Morgan fingerprint density at radius 2 is 1.46 bits per heavy atom. The van der Waals surface area contributed by atoms with E-state index >= 15 is 0 Å². The fraction of sp³-hybridized carbons (Fsp3) is 0.0952. The van der Waals surface area contributed by atoms with Gasteiger partial charge in [0.05, 0.1) is 5.56 Å². The van der Waals surface area contributed by atoms with Gasteiger partial charge in [-0.2, -0.15) is 13.2 Å². The second kappa shape index (κ2) is 7.87. The van der Waals surface area contributed by atoms with E-state index in [4.69, 9.17) is 4.84 Å². The predicted octanol–water partition coefficient (Wildman–Crippen LogP) is 5.80. The Hall–Kier alpha value is -3.08. The predicted molar refractivity (Wildman–Crippen MR) is 94.6 cm³/mol. The van der Waals surface area contributed by atoms with Crippen molar-refractivity contribution in [3.8, 4) is 11.1 Å². The van der Waals surface area contributed by atoms with Crippen LogP contribution < -0.4 is 0 Å². The molecule has 0 aliphatic rings. The number of hydrogen-bond acceptors (Lipinski definition) is 2. The fourth-order valence-corrected chi connectivity index (χ4v) is 2.56. The van der Waals surface area contributed by atoms with Gasteiger partial charge in [0.2, 0.25) is 0 Å². The Morgan fingerprint density at radius 3 is 2.23 bits per heavy atom. The topological polar surface area (TPSA) is 21.6 Å². The monoisotopic (exact) mass is 354 g/mol. The van der Waals surface area contributed by atoms with Gasteiger partial charge in [-0.25, -0.2) is 0 Å². The lowest BCUT2D eigenvalue weighted by molar-refractivity contribution is -0.137. The lowest BCUT2D eigenvalue weighted by Gasteiger charge is -2.09. The lowest BCUT2D eigenvalue weighted by Crippen LogP contribution is -2.08. The number of rotatable bonds is 5. The van der Waals surface area contributed by atoms with Crippen molar-refractivity contribution in [3.05, 3.63) is 95.6 Å². The zero-order chi connectivity index (χ0) is 18.4. The van der Waals surface area contributed by atoms with E-state index in [9.17, 15) is 13.2 Å². The second-order valence-corrected chi connectivity index (χ2v) is 5.54. The van der Waals surface area contributed by atoms with Crippen molar-refractivity contribution in [2.45, 2.75) is 12.8 Å². The van der Waals surface area contributed by atoms with Gasteiger partial charge in [-0.1, -0.05) is 78.0 Å². The highest BCUT2D eigenvalue weighted by Crippen LogP contribution is 2.31. The second-order valence-electron chi connectivity index (χ2n) is 5.54. The SMILES string of the molecule is FC(F)(F)c1ccccc1/[C]=N/OCc1ccccc1-c1ccccc1. The van der Waals surface area contributed by atoms with Crippen LogP contribution in [-0.4, -0.2) is 6.21 Å². The van der Waals surface area contributed by atoms with E-state index in [1.54, 1.807) is 0 Å². The van der Waals surface area contributed by atoms with Crippen molar-refractivity contribution in [2.75, 3.05) is 0 Å². The number of nitrogens with zero attached hydrogens (tertiary/aromatic N) is 1. The molecule has 3 rings (SSSR count). The maximum Gasteiger partial charge on any atom is 0.417 e. The minimum atomic E-state index is -4.46. The van der Waals surface area contributed by atoms with E-state index in [-0.39, 0.29) is 12.2 Å². The van der Waals surface area contributed by atoms with Crippen LogP contribution in [0, 0.1) is 0 Å².